The van der Waals surface area contributed by atoms with Gasteiger partial charge in [0.15, 0.2) is 0 Å². The molecule has 1 saturated heterocycles. The smallest absolute Gasteiger partial charge is 0.144 e. The predicted molar refractivity (Wildman–Crippen MR) is 99.4 cm³/mol. The van der Waals surface area contributed by atoms with Gasteiger partial charge in [-0.25, -0.2) is 9.97 Å². The fraction of sp³-hybridized carbons (Fsp3) is 0.444. The van der Waals surface area contributed by atoms with E-state index in [4.69, 9.17) is 10.7 Å². The van der Waals surface area contributed by atoms with Crippen LogP contribution >= 0.6 is 0 Å². The van der Waals surface area contributed by atoms with Crippen LogP contribution in [-0.2, 0) is 0 Å². The SMILES string of the molecule is CNCC1CCCN(c2nc(C)nc3[nH]c4ccc(N)cc4c23)C1. The topological polar surface area (TPSA) is 82.9 Å². The van der Waals surface area contributed by atoms with E-state index < -0.39 is 0 Å². The number of rotatable bonds is 3. The maximum atomic E-state index is 6.02. The van der Waals surface area contributed by atoms with Gasteiger partial charge in [0, 0.05) is 29.7 Å². The Morgan fingerprint density at radius 3 is 3.08 bits per heavy atom. The first kappa shape index (κ1) is 15.2. The van der Waals surface area contributed by atoms with Crippen LogP contribution in [0.4, 0.5) is 11.5 Å². The van der Waals surface area contributed by atoms with Crippen LogP contribution in [0.3, 0.4) is 0 Å². The molecule has 1 aromatic carbocycles. The van der Waals surface area contributed by atoms with Crippen molar-refractivity contribution in [3.63, 3.8) is 0 Å². The molecule has 1 aliphatic heterocycles. The zero-order chi connectivity index (χ0) is 16.7. The lowest BCUT2D eigenvalue weighted by Gasteiger charge is -2.34. The molecule has 6 heteroatoms. The van der Waals surface area contributed by atoms with E-state index in [0.29, 0.717) is 5.92 Å². The highest BCUT2D eigenvalue weighted by Crippen LogP contribution is 2.34. The molecule has 0 aliphatic carbocycles. The first-order valence-corrected chi connectivity index (χ1v) is 8.61. The van der Waals surface area contributed by atoms with E-state index >= 15 is 0 Å². The molecular formula is C18H24N6. The second kappa shape index (κ2) is 5.94. The van der Waals surface area contributed by atoms with Gasteiger partial charge in [-0.3, -0.25) is 0 Å². The largest absolute Gasteiger partial charge is 0.399 e. The van der Waals surface area contributed by atoms with Gasteiger partial charge in [-0.1, -0.05) is 0 Å². The van der Waals surface area contributed by atoms with Crippen molar-refractivity contribution in [2.75, 3.05) is 37.3 Å². The molecule has 1 aliphatic rings. The van der Waals surface area contributed by atoms with Crippen molar-refractivity contribution in [3.8, 4) is 0 Å². The molecular weight excluding hydrogens is 300 g/mol. The van der Waals surface area contributed by atoms with Crippen molar-refractivity contribution < 1.29 is 0 Å². The van der Waals surface area contributed by atoms with Gasteiger partial charge >= 0.3 is 0 Å². The average molecular weight is 324 g/mol. The minimum atomic E-state index is 0.657. The Morgan fingerprint density at radius 2 is 2.25 bits per heavy atom. The van der Waals surface area contributed by atoms with Crippen molar-refractivity contribution in [1.82, 2.24) is 20.3 Å². The number of benzene rings is 1. The quantitative estimate of drug-likeness (QED) is 0.645. The number of nitrogens with one attached hydrogen (secondary N) is 2. The normalized spacial score (nSPS) is 18.6. The summed E-state index contributed by atoms with van der Waals surface area (Å²) in [7, 11) is 2.02. The highest BCUT2D eigenvalue weighted by molar-refractivity contribution is 6.12. The number of hydrogen-bond acceptors (Lipinski definition) is 5. The Labute approximate surface area is 141 Å². The molecule has 1 atom stereocenters. The molecule has 0 spiro atoms. The molecule has 0 radical (unpaired) electrons. The zero-order valence-electron chi connectivity index (χ0n) is 14.3. The molecule has 1 unspecified atom stereocenters. The predicted octanol–water partition coefficient (Wildman–Crippen LogP) is 2.44. The van der Waals surface area contributed by atoms with E-state index in [1.165, 1.54) is 12.8 Å². The second-order valence-electron chi connectivity index (χ2n) is 6.76. The van der Waals surface area contributed by atoms with Crippen molar-refractivity contribution in [2.24, 2.45) is 5.92 Å². The summed E-state index contributed by atoms with van der Waals surface area (Å²) in [4.78, 5) is 15.2. The maximum absolute atomic E-state index is 6.02. The van der Waals surface area contributed by atoms with E-state index in [-0.39, 0.29) is 0 Å². The van der Waals surface area contributed by atoms with Crippen LogP contribution in [-0.4, -0.2) is 41.6 Å². The number of anilines is 2. The number of hydrogen-bond donors (Lipinski definition) is 3. The van der Waals surface area contributed by atoms with E-state index in [2.05, 4.69) is 20.2 Å². The molecule has 4 rings (SSSR count). The van der Waals surface area contributed by atoms with Gasteiger partial charge in [-0.15, -0.1) is 0 Å². The van der Waals surface area contributed by atoms with Gasteiger partial charge in [0.05, 0.1) is 5.39 Å². The standard InChI is InChI=1S/C18H24N6/c1-11-21-17-16(14-8-13(19)5-6-15(14)23-17)18(22-11)24-7-3-4-12(10-24)9-20-2/h5-6,8,12,20H,3-4,7,9-10,19H2,1-2H3,(H,21,22,23). The van der Waals surface area contributed by atoms with Crippen molar-refractivity contribution in [2.45, 2.75) is 19.8 Å². The summed E-state index contributed by atoms with van der Waals surface area (Å²) < 4.78 is 0. The third-order valence-corrected chi connectivity index (χ3v) is 4.88. The van der Waals surface area contributed by atoms with Crippen molar-refractivity contribution in [3.05, 3.63) is 24.0 Å². The molecule has 0 saturated carbocycles. The van der Waals surface area contributed by atoms with Crippen LogP contribution in [0.25, 0.3) is 21.9 Å². The van der Waals surface area contributed by atoms with Gasteiger partial charge in [-0.2, -0.15) is 0 Å². The third kappa shape index (κ3) is 2.57. The van der Waals surface area contributed by atoms with Crippen molar-refractivity contribution in [1.29, 1.82) is 0 Å². The highest BCUT2D eigenvalue weighted by Gasteiger charge is 2.24. The van der Waals surface area contributed by atoms with Gasteiger partial charge in [0.25, 0.3) is 0 Å². The second-order valence-corrected chi connectivity index (χ2v) is 6.76. The van der Waals surface area contributed by atoms with Crippen LogP contribution in [0.2, 0.25) is 0 Å². The van der Waals surface area contributed by atoms with Gasteiger partial charge in [0.2, 0.25) is 0 Å². The lowest BCUT2D eigenvalue weighted by Crippen LogP contribution is -2.39. The number of aromatic amines is 1. The summed E-state index contributed by atoms with van der Waals surface area (Å²) in [6.45, 7) is 5.07. The highest BCUT2D eigenvalue weighted by atomic mass is 15.2. The summed E-state index contributed by atoms with van der Waals surface area (Å²) in [5.74, 6) is 2.49. The van der Waals surface area contributed by atoms with E-state index in [1.807, 2.05) is 32.2 Å². The molecule has 3 heterocycles. The van der Waals surface area contributed by atoms with Crippen LogP contribution in [0.15, 0.2) is 18.2 Å². The molecule has 3 aromatic rings. The summed E-state index contributed by atoms with van der Waals surface area (Å²) in [5.41, 5.74) is 8.74. The van der Waals surface area contributed by atoms with Crippen molar-refractivity contribution >= 4 is 33.4 Å². The van der Waals surface area contributed by atoms with Gasteiger partial charge in [0.1, 0.15) is 17.3 Å². The van der Waals surface area contributed by atoms with E-state index in [0.717, 1.165) is 58.9 Å². The number of nitrogen functional groups attached to an aromatic ring is 1. The summed E-state index contributed by atoms with van der Waals surface area (Å²) >= 11 is 0. The van der Waals surface area contributed by atoms with Crippen LogP contribution in [0, 0.1) is 12.8 Å². The molecule has 24 heavy (non-hydrogen) atoms. The summed E-state index contributed by atoms with van der Waals surface area (Å²) in [6.07, 6.45) is 2.47. The minimum Gasteiger partial charge on any atom is -0.399 e. The van der Waals surface area contributed by atoms with E-state index in [1.54, 1.807) is 0 Å². The van der Waals surface area contributed by atoms with Gasteiger partial charge in [-0.05, 0) is 57.5 Å². The summed E-state index contributed by atoms with van der Waals surface area (Å²) in [6, 6.07) is 5.96. The van der Waals surface area contributed by atoms with E-state index in [9.17, 15) is 0 Å². The first-order chi connectivity index (χ1) is 11.7. The molecule has 4 N–H and O–H groups in total. The molecule has 2 aromatic heterocycles. The Morgan fingerprint density at radius 1 is 1.38 bits per heavy atom. The Hall–Kier alpha value is -2.34. The Bertz CT molecular complexity index is 882. The number of aromatic nitrogens is 3. The first-order valence-electron chi connectivity index (χ1n) is 8.61. The zero-order valence-corrected chi connectivity index (χ0v) is 14.3. The minimum absolute atomic E-state index is 0.657. The number of piperidine rings is 1. The third-order valence-electron chi connectivity index (χ3n) is 4.88. The fourth-order valence-electron chi connectivity index (χ4n) is 3.84. The average Bonchev–Trinajstić information content (AvgIpc) is 2.92. The molecule has 6 nitrogen and oxygen atoms in total. The molecule has 1 fully saturated rings. The Balaban J connectivity index is 1.87. The lowest BCUT2D eigenvalue weighted by molar-refractivity contribution is 0.401. The number of nitrogens with two attached hydrogens (primary N) is 1. The van der Waals surface area contributed by atoms with Crippen LogP contribution in [0.1, 0.15) is 18.7 Å². The van der Waals surface area contributed by atoms with Crippen LogP contribution in [0.5, 0.6) is 0 Å². The van der Waals surface area contributed by atoms with Gasteiger partial charge < -0.3 is 20.9 Å². The number of H-pyrrole nitrogens is 1. The molecule has 126 valence electrons. The van der Waals surface area contributed by atoms with Crippen LogP contribution < -0.4 is 16.0 Å². The monoisotopic (exact) mass is 324 g/mol. The molecule has 0 bridgehead atoms. The number of nitrogens with zero attached hydrogens (tertiary/aromatic N) is 3. The Kier molecular flexibility index (Phi) is 3.76. The number of fused-ring (bicyclic) bond motifs is 3. The maximum Gasteiger partial charge on any atom is 0.144 e. The fourth-order valence-corrected chi connectivity index (χ4v) is 3.84. The lowest BCUT2D eigenvalue weighted by atomic mass is 9.97. The summed E-state index contributed by atoms with van der Waals surface area (Å²) in [5, 5.41) is 5.51. The number of aryl methyl sites for hydroxylation is 1. The molecule has 0 amide bonds.